The number of aromatic nitrogens is 2. The minimum Gasteiger partial charge on any atom is -0.497 e. The van der Waals surface area contributed by atoms with Crippen LogP contribution in [0, 0.1) is 20.8 Å². The minimum atomic E-state index is -0.297. The molecule has 0 spiro atoms. The van der Waals surface area contributed by atoms with Gasteiger partial charge in [0.15, 0.2) is 0 Å². The van der Waals surface area contributed by atoms with Crippen LogP contribution in [0.3, 0.4) is 0 Å². The van der Waals surface area contributed by atoms with Crippen LogP contribution < -0.4 is 26.0 Å². The number of methoxy groups -OCH3 is 1. The molecule has 4 aromatic rings. The number of amides is 2. The van der Waals surface area contributed by atoms with Crippen LogP contribution >= 0.6 is 0 Å². The summed E-state index contributed by atoms with van der Waals surface area (Å²) >= 11 is 0. The Bertz CT molecular complexity index is 1320. The maximum Gasteiger partial charge on any atom is 0.323 e. The molecule has 3 aromatic carbocycles. The fraction of sp³-hybridized carbons (Fsp3) is 0.148. The van der Waals surface area contributed by atoms with Gasteiger partial charge in [0.05, 0.1) is 7.11 Å². The number of benzene rings is 3. The molecule has 0 radical (unpaired) electrons. The van der Waals surface area contributed by atoms with Crippen molar-refractivity contribution in [3.8, 4) is 5.75 Å². The standard InChI is InChI=1S/C27H28N6O2/c1-17-5-14-24(18(2)15-17)32-27(34)31-22-8-6-21(7-9-22)30-26-28-19(3)16-25(33-26)29-20-10-12-23(35-4)13-11-20/h5-16H,1-4H3,(H2,31,32,34)(H2,28,29,30,33). The number of hydrogen-bond donors (Lipinski definition) is 4. The van der Waals surface area contributed by atoms with E-state index >= 15 is 0 Å². The van der Waals surface area contributed by atoms with Gasteiger partial charge in [-0.3, -0.25) is 0 Å². The van der Waals surface area contributed by atoms with Crippen molar-refractivity contribution >= 4 is 40.5 Å². The average molecular weight is 469 g/mol. The number of ether oxygens (including phenoxy) is 1. The predicted molar refractivity (Wildman–Crippen MR) is 141 cm³/mol. The molecule has 178 valence electrons. The SMILES string of the molecule is COc1ccc(Nc2cc(C)nc(Nc3ccc(NC(=O)Nc4ccc(C)cc4C)cc3)n2)cc1. The Hall–Kier alpha value is -4.59. The highest BCUT2D eigenvalue weighted by atomic mass is 16.5. The third-order valence-electron chi connectivity index (χ3n) is 5.25. The van der Waals surface area contributed by atoms with Crippen molar-refractivity contribution in [1.29, 1.82) is 0 Å². The van der Waals surface area contributed by atoms with Gasteiger partial charge >= 0.3 is 6.03 Å². The molecule has 0 unspecified atom stereocenters. The molecule has 0 aliphatic carbocycles. The first-order chi connectivity index (χ1) is 16.9. The highest BCUT2D eigenvalue weighted by Gasteiger charge is 2.07. The van der Waals surface area contributed by atoms with Crippen LogP contribution in [0.15, 0.2) is 72.8 Å². The summed E-state index contributed by atoms with van der Waals surface area (Å²) in [6.45, 7) is 5.90. The Morgan fingerprint density at radius 2 is 1.40 bits per heavy atom. The smallest absolute Gasteiger partial charge is 0.323 e. The van der Waals surface area contributed by atoms with Crippen LogP contribution in [0.5, 0.6) is 5.75 Å². The summed E-state index contributed by atoms with van der Waals surface area (Å²) in [5.41, 5.74) is 6.12. The fourth-order valence-corrected chi connectivity index (χ4v) is 3.52. The molecule has 8 nitrogen and oxygen atoms in total. The molecule has 35 heavy (non-hydrogen) atoms. The first-order valence-corrected chi connectivity index (χ1v) is 11.2. The predicted octanol–water partition coefficient (Wildman–Crippen LogP) is 6.54. The van der Waals surface area contributed by atoms with E-state index in [-0.39, 0.29) is 6.03 Å². The van der Waals surface area contributed by atoms with Crippen molar-refractivity contribution in [1.82, 2.24) is 9.97 Å². The summed E-state index contributed by atoms with van der Waals surface area (Å²) in [6, 6.07) is 22.4. The molecule has 0 atom stereocenters. The van der Waals surface area contributed by atoms with E-state index in [4.69, 9.17) is 4.74 Å². The molecule has 1 aromatic heterocycles. The van der Waals surface area contributed by atoms with Crippen molar-refractivity contribution in [3.05, 3.63) is 89.6 Å². The van der Waals surface area contributed by atoms with Crippen LogP contribution in [-0.4, -0.2) is 23.1 Å². The van der Waals surface area contributed by atoms with Gasteiger partial charge in [-0.2, -0.15) is 4.98 Å². The Morgan fingerprint density at radius 3 is 2.09 bits per heavy atom. The topological polar surface area (TPSA) is 100 Å². The molecule has 8 heteroatoms. The zero-order chi connectivity index (χ0) is 24.8. The molecule has 0 aliphatic heterocycles. The van der Waals surface area contributed by atoms with Gasteiger partial charge in [0.1, 0.15) is 11.6 Å². The van der Waals surface area contributed by atoms with Crippen LogP contribution in [-0.2, 0) is 0 Å². The van der Waals surface area contributed by atoms with Crippen LogP contribution in [0.2, 0.25) is 0 Å². The lowest BCUT2D eigenvalue weighted by molar-refractivity contribution is 0.262. The first-order valence-electron chi connectivity index (χ1n) is 11.2. The zero-order valence-corrected chi connectivity index (χ0v) is 20.1. The van der Waals surface area contributed by atoms with Crippen LogP contribution in [0.25, 0.3) is 0 Å². The first kappa shape index (κ1) is 23.6. The number of carbonyl (C=O) groups is 1. The summed E-state index contributed by atoms with van der Waals surface area (Å²) in [5.74, 6) is 1.93. The van der Waals surface area contributed by atoms with E-state index in [2.05, 4.69) is 31.2 Å². The lowest BCUT2D eigenvalue weighted by Gasteiger charge is -2.12. The lowest BCUT2D eigenvalue weighted by Crippen LogP contribution is -2.19. The molecule has 4 N–H and O–H groups in total. The second-order valence-electron chi connectivity index (χ2n) is 8.17. The van der Waals surface area contributed by atoms with E-state index in [1.54, 1.807) is 7.11 Å². The Morgan fingerprint density at radius 1 is 0.743 bits per heavy atom. The summed E-state index contributed by atoms with van der Waals surface area (Å²) in [4.78, 5) is 21.4. The molecule has 0 fully saturated rings. The number of hydrogen-bond acceptors (Lipinski definition) is 6. The van der Waals surface area contributed by atoms with Gasteiger partial charge in [-0.25, -0.2) is 9.78 Å². The second kappa shape index (κ2) is 10.6. The summed E-state index contributed by atoms with van der Waals surface area (Å²) in [5, 5.41) is 12.2. The lowest BCUT2D eigenvalue weighted by atomic mass is 10.1. The highest BCUT2D eigenvalue weighted by Crippen LogP contribution is 2.22. The third-order valence-corrected chi connectivity index (χ3v) is 5.25. The number of carbonyl (C=O) groups excluding carboxylic acids is 1. The Labute approximate surface area is 204 Å². The molecular formula is C27H28N6O2. The van der Waals surface area contributed by atoms with Crippen molar-refractivity contribution < 1.29 is 9.53 Å². The number of anilines is 6. The van der Waals surface area contributed by atoms with E-state index in [1.165, 1.54) is 0 Å². The third kappa shape index (κ3) is 6.48. The Kier molecular flexibility index (Phi) is 7.11. The maximum absolute atomic E-state index is 12.4. The number of aryl methyl sites for hydroxylation is 3. The van der Waals surface area contributed by atoms with Crippen molar-refractivity contribution in [2.75, 3.05) is 28.4 Å². The molecule has 1 heterocycles. The average Bonchev–Trinajstić information content (AvgIpc) is 2.82. The van der Waals surface area contributed by atoms with E-state index in [9.17, 15) is 4.79 Å². The number of rotatable bonds is 7. The molecule has 2 amide bonds. The van der Waals surface area contributed by atoms with Gasteiger partial charge < -0.3 is 26.0 Å². The van der Waals surface area contributed by atoms with Crippen molar-refractivity contribution in [2.24, 2.45) is 0 Å². The quantitative estimate of drug-likeness (QED) is 0.246. The monoisotopic (exact) mass is 468 g/mol. The van der Waals surface area contributed by atoms with Crippen LogP contribution in [0.4, 0.5) is 39.3 Å². The molecule has 0 saturated heterocycles. The molecule has 0 bridgehead atoms. The van der Waals surface area contributed by atoms with Gasteiger partial charge in [-0.05, 0) is 80.9 Å². The number of nitrogens with zero attached hydrogens (tertiary/aromatic N) is 2. The zero-order valence-electron chi connectivity index (χ0n) is 20.1. The molecule has 0 aliphatic rings. The van der Waals surface area contributed by atoms with Gasteiger partial charge in [-0.15, -0.1) is 0 Å². The summed E-state index contributed by atoms with van der Waals surface area (Å²) in [7, 11) is 1.64. The van der Waals surface area contributed by atoms with Crippen LogP contribution in [0.1, 0.15) is 16.8 Å². The highest BCUT2D eigenvalue weighted by molar-refractivity contribution is 6.00. The van der Waals surface area contributed by atoms with E-state index in [0.717, 1.165) is 39.6 Å². The second-order valence-corrected chi connectivity index (χ2v) is 8.17. The minimum absolute atomic E-state index is 0.297. The summed E-state index contributed by atoms with van der Waals surface area (Å²) in [6.07, 6.45) is 0. The van der Waals surface area contributed by atoms with E-state index in [0.29, 0.717) is 17.5 Å². The van der Waals surface area contributed by atoms with Gasteiger partial charge in [0.25, 0.3) is 0 Å². The van der Waals surface area contributed by atoms with Crippen molar-refractivity contribution in [3.63, 3.8) is 0 Å². The maximum atomic E-state index is 12.4. The van der Waals surface area contributed by atoms with Gasteiger partial charge in [0.2, 0.25) is 5.95 Å². The number of nitrogens with one attached hydrogen (secondary N) is 4. The van der Waals surface area contributed by atoms with Crippen molar-refractivity contribution in [2.45, 2.75) is 20.8 Å². The largest absolute Gasteiger partial charge is 0.497 e. The normalized spacial score (nSPS) is 10.4. The van der Waals surface area contributed by atoms with Gasteiger partial charge in [0, 0.05) is 34.5 Å². The van der Waals surface area contributed by atoms with E-state index in [1.807, 2.05) is 93.6 Å². The Balaban J connectivity index is 1.38. The number of urea groups is 1. The molecule has 0 saturated carbocycles. The fourth-order valence-electron chi connectivity index (χ4n) is 3.52. The molecular weight excluding hydrogens is 440 g/mol. The van der Waals surface area contributed by atoms with Gasteiger partial charge in [-0.1, -0.05) is 17.7 Å². The van der Waals surface area contributed by atoms with E-state index < -0.39 is 0 Å². The summed E-state index contributed by atoms with van der Waals surface area (Å²) < 4.78 is 5.20. The molecule has 4 rings (SSSR count).